The summed E-state index contributed by atoms with van der Waals surface area (Å²) in [6.45, 7) is 1.93. The zero-order valence-corrected chi connectivity index (χ0v) is 11.9. The molecule has 0 aliphatic carbocycles. The fourth-order valence-corrected chi connectivity index (χ4v) is 2.19. The molecule has 0 fully saturated rings. The number of nitrogens with one attached hydrogen (secondary N) is 2. The summed E-state index contributed by atoms with van der Waals surface area (Å²) in [5.41, 5.74) is 7.13. The number of amides is 1. The molecular formula is C14H13ClN2OS. The van der Waals surface area contributed by atoms with Gasteiger partial charge in [-0.05, 0) is 42.1 Å². The van der Waals surface area contributed by atoms with Crippen molar-refractivity contribution in [3.63, 3.8) is 0 Å². The van der Waals surface area contributed by atoms with E-state index in [1.165, 1.54) is 6.08 Å². The summed E-state index contributed by atoms with van der Waals surface area (Å²) in [5.74, 6) is -0.218. The van der Waals surface area contributed by atoms with Crippen LogP contribution >= 0.6 is 22.9 Å². The fraction of sp³-hybridized carbons (Fsp3) is 0.0714. The Hall–Kier alpha value is -1.78. The number of halogens is 1. The number of rotatable bonds is 4. The summed E-state index contributed by atoms with van der Waals surface area (Å²) in [6.07, 6.45) is 3.25. The van der Waals surface area contributed by atoms with Gasteiger partial charge in [0.05, 0.1) is 5.69 Å². The number of hydrogen-bond acceptors (Lipinski definition) is 3. The molecule has 0 aliphatic rings. The summed E-state index contributed by atoms with van der Waals surface area (Å²) >= 11 is 7.57. The molecule has 0 unspecified atom stereocenters. The first-order valence-corrected chi connectivity index (χ1v) is 6.94. The van der Waals surface area contributed by atoms with Crippen LogP contribution in [0.5, 0.6) is 0 Å². The number of hydrogen-bond donors (Lipinski definition) is 2. The molecule has 1 aromatic heterocycles. The second-order valence-electron chi connectivity index (χ2n) is 3.93. The van der Waals surface area contributed by atoms with Crippen molar-refractivity contribution in [3.8, 4) is 0 Å². The van der Waals surface area contributed by atoms with Gasteiger partial charge in [-0.15, -0.1) is 11.3 Å². The molecule has 0 bridgehead atoms. The van der Waals surface area contributed by atoms with Gasteiger partial charge in [-0.25, -0.2) is 0 Å². The lowest BCUT2D eigenvalue weighted by Crippen LogP contribution is -2.27. The van der Waals surface area contributed by atoms with Crippen molar-refractivity contribution >= 4 is 40.6 Å². The number of carbonyl (C=O) groups is 1. The number of hydrazine groups is 1. The molecular weight excluding hydrogens is 280 g/mol. The molecule has 2 rings (SSSR count). The summed E-state index contributed by atoms with van der Waals surface area (Å²) in [6, 6.07) is 9.39. The smallest absolute Gasteiger partial charge is 0.262 e. The average Bonchev–Trinajstić information content (AvgIpc) is 2.91. The van der Waals surface area contributed by atoms with E-state index in [4.69, 9.17) is 11.6 Å². The summed E-state index contributed by atoms with van der Waals surface area (Å²) in [7, 11) is 0. The molecule has 2 aromatic rings. The van der Waals surface area contributed by atoms with Crippen LogP contribution in [-0.2, 0) is 4.79 Å². The van der Waals surface area contributed by atoms with Gasteiger partial charge in [-0.1, -0.05) is 23.7 Å². The van der Waals surface area contributed by atoms with Crippen molar-refractivity contribution < 1.29 is 4.79 Å². The Balaban J connectivity index is 1.88. The minimum atomic E-state index is -0.218. The van der Waals surface area contributed by atoms with Crippen LogP contribution in [-0.4, -0.2) is 5.91 Å². The van der Waals surface area contributed by atoms with E-state index in [0.717, 1.165) is 16.1 Å². The number of carbonyl (C=O) groups excluding carboxylic acids is 1. The number of anilines is 1. The molecule has 0 spiro atoms. The van der Waals surface area contributed by atoms with Crippen LogP contribution in [0.2, 0.25) is 5.02 Å². The standard InChI is InChI=1S/C14H13ClN2OS/c1-10-4-5-11(9-13(10)15)16-17-14(18)7-6-12-3-2-8-19-12/h2-9,16H,1H3,(H,17,18)/b7-6+. The van der Waals surface area contributed by atoms with Crippen LogP contribution < -0.4 is 10.9 Å². The lowest BCUT2D eigenvalue weighted by atomic mass is 10.2. The Bertz CT molecular complexity index is 593. The van der Waals surface area contributed by atoms with E-state index in [-0.39, 0.29) is 5.91 Å². The topological polar surface area (TPSA) is 41.1 Å². The molecule has 0 saturated heterocycles. The maximum atomic E-state index is 11.6. The first-order valence-electron chi connectivity index (χ1n) is 5.69. The highest BCUT2D eigenvalue weighted by Gasteiger charge is 1.99. The first kappa shape index (κ1) is 13.6. The van der Waals surface area contributed by atoms with E-state index in [1.807, 2.05) is 36.6 Å². The van der Waals surface area contributed by atoms with Gasteiger partial charge in [0.15, 0.2) is 0 Å². The third-order valence-corrected chi connectivity index (χ3v) is 3.69. The van der Waals surface area contributed by atoms with Crippen molar-refractivity contribution in [1.29, 1.82) is 0 Å². The van der Waals surface area contributed by atoms with Crippen molar-refractivity contribution in [3.05, 3.63) is 57.3 Å². The monoisotopic (exact) mass is 292 g/mol. The predicted octanol–water partition coefficient (Wildman–Crippen LogP) is 3.87. The third-order valence-electron chi connectivity index (χ3n) is 2.44. The molecule has 1 aromatic carbocycles. The molecule has 3 nitrogen and oxygen atoms in total. The summed E-state index contributed by atoms with van der Waals surface area (Å²) in [5, 5.41) is 2.62. The second kappa shape index (κ2) is 6.41. The van der Waals surface area contributed by atoms with E-state index in [1.54, 1.807) is 23.5 Å². The molecule has 0 aliphatic heterocycles. The second-order valence-corrected chi connectivity index (χ2v) is 5.31. The number of thiophene rings is 1. The third kappa shape index (κ3) is 4.12. The molecule has 1 heterocycles. The van der Waals surface area contributed by atoms with E-state index >= 15 is 0 Å². The minimum absolute atomic E-state index is 0.218. The predicted molar refractivity (Wildman–Crippen MR) is 81.3 cm³/mol. The lowest BCUT2D eigenvalue weighted by Gasteiger charge is -2.07. The normalized spacial score (nSPS) is 10.6. The lowest BCUT2D eigenvalue weighted by molar-refractivity contribution is -0.115. The van der Waals surface area contributed by atoms with Gasteiger partial charge in [-0.3, -0.25) is 15.6 Å². The van der Waals surface area contributed by atoms with Crippen molar-refractivity contribution in [1.82, 2.24) is 5.43 Å². The fourth-order valence-electron chi connectivity index (χ4n) is 1.39. The zero-order chi connectivity index (χ0) is 13.7. The van der Waals surface area contributed by atoms with E-state index < -0.39 is 0 Å². The maximum absolute atomic E-state index is 11.6. The molecule has 0 atom stereocenters. The quantitative estimate of drug-likeness (QED) is 0.663. The van der Waals surface area contributed by atoms with Crippen LogP contribution in [0.4, 0.5) is 5.69 Å². The van der Waals surface area contributed by atoms with Gasteiger partial charge in [-0.2, -0.15) is 0 Å². The Morgan fingerprint density at radius 2 is 2.21 bits per heavy atom. The van der Waals surface area contributed by atoms with Gasteiger partial charge in [0.1, 0.15) is 0 Å². The van der Waals surface area contributed by atoms with E-state index in [2.05, 4.69) is 10.9 Å². The van der Waals surface area contributed by atoms with Gasteiger partial charge in [0.2, 0.25) is 0 Å². The maximum Gasteiger partial charge on any atom is 0.262 e. The highest BCUT2D eigenvalue weighted by molar-refractivity contribution is 7.10. The van der Waals surface area contributed by atoms with E-state index in [9.17, 15) is 4.79 Å². The van der Waals surface area contributed by atoms with Crippen LogP contribution in [0, 0.1) is 6.92 Å². The van der Waals surface area contributed by atoms with Crippen molar-refractivity contribution in [2.24, 2.45) is 0 Å². The Labute approximate surface area is 120 Å². The zero-order valence-electron chi connectivity index (χ0n) is 10.3. The summed E-state index contributed by atoms with van der Waals surface area (Å²) < 4.78 is 0. The molecule has 0 radical (unpaired) electrons. The first-order chi connectivity index (χ1) is 9.15. The Morgan fingerprint density at radius 3 is 2.89 bits per heavy atom. The van der Waals surface area contributed by atoms with Gasteiger partial charge >= 0.3 is 0 Å². The van der Waals surface area contributed by atoms with Crippen LogP contribution in [0.25, 0.3) is 6.08 Å². The largest absolute Gasteiger partial charge is 0.298 e. The van der Waals surface area contributed by atoms with Crippen LogP contribution in [0.3, 0.4) is 0 Å². The van der Waals surface area contributed by atoms with Gasteiger partial charge < -0.3 is 0 Å². The number of aryl methyl sites for hydroxylation is 1. The highest BCUT2D eigenvalue weighted by Crippen LogP contribution is 2.19. The Morgan fingerprint density at radius 1 is 1.37 bits per heavy atom. The SMILES string of the molecule is Cc1ccc(NNC(=O)/C=C/c2cccs2)cc1Cl. The van der Waals surface area contributed by atoms with Gasteiger partial charge in [0.25, 0.3) is 5.91 Å². The minimum Gasteiger partial charge on any atom is -0.298 e. The van der Waals surface area contributed by atoms with Gasteiger partial charge in [0, 0.05) is 16.0 Å². The molecule has 98 valence electrons. The van der Waals surface area contributed by atoms with Crippen molar-refractivity contribution in [2.45, 2.75) is 6.92 Å². The molecule has 1 amide bonds. The molecule has 0 saturated carbocycles. The average molecular weight is 293 g/mol. The molecule has 5 heteroatoms. The number of benzene rings is 1. The van der Waals surface area contributed by atoms with Crippen molar-refractivity contribution in [2.75, 3.05) is 5.43 Å². The highest BCUT2D eigenvalue weighted by atomic mass is 35.5. The summed E-state index contributed by atoms with van der Waals surface area (Å²) in [4.78, 5) is 12.6. The molecule has 19 heavy (non-hydrogen) atoms. The Kier molecular flexibility index (Phi) is 4.60. The molecule has 2 N–H and O–H groups in total. The van der Waals surface area contributed by atoms with E-state index in [0.29, 0.717) is 5.02 Å². The van der Waals surface area contributed by atoms with Crippen LogP contribution in [0.15, 0.2) is 41.8 Å². The van der Waals surface area contributed by atoms with Crippen LogP contribution in [0.1, 0.15) is 10.4 Å².